The minimum atomic E-state index is -0.229. The van der Waals surface area contributed by atoms with Crippen molar-refractivity contribution >= 4 is 23.1 Å². The smallest absolute Gasteiger partial charge is 0.255 e. The van der Waals surface area contributed by atoms with Gasteiger partial charge in [-0.1, -0.05) is 29.8 Å². The van der Waals surface area contributed by atoms with Gasteiger partial charge >= 0.3 is 0 Å². The van der Waals surface area contributed by atoms with Crippen LogP contribution in [0.3, 0.4) is 0 Å². The quantitative estimate of drug-likeness (QED) is 0.724. The molecule has 0 unspecified atom stereocenters. The number of nitrogens with zero attached hydrogens (tertiary/aromatic N) is 3. The van der Waals surface area contributed by atoms with Crippen molar-refractivity contribution in [2.24, 2.45) is 0 Å². The van der Waals surface area contributed by atoms with Gasteiger partial charge in [-0.3, -0.25) is 4.79 Å². The Balaban J connectivity index is 1.36. The standard InChI is InChI=1S/C23H23FN4O/c1-17-6-9-19(10-7-17)26-22-11-8-18(16-25-22)23(29)28-14-12-27(13-15-28)21-5-3-2-4-20(21)24/h2-11,16H,12-15H2,1H3,(H,25,26). The molecule has 1 fully saturated rings. The molecule has 1 N–H and O–H groups in total. The highest BCUT2D eigenvalue weighted by Crippen LogP contribution is 2.21. The van der Waals surface area contributed by atoms with E-state index in [1.165, 1.54) is 11.6 Å². The first-order valence-electron chi connectivity index (χ1n) is 9.69. The average Bonchev–Trinajstić information content (AvgIpc) is 2.76. The van der Waals surface area contributed by atoms with Crippen molar-refractivity contribution in [1.82, 2.24) is 9.88 Å². The van der Waals surface area contributed by atoms with E-state index in [0.29, 0.717) is 43.2 Å². The second-order valence-corrected chi connectivity index (χ2v) is 7.15. The van der Waals surface area contributed by atoms with Gasteiger partial charge in [0.2, 0.25) is 0 Å². The van der Waals surface area contributed by atoms with Crippen molar-refractivity contribution < 1.29 is 9.18 Å². The molecule has 4 rings (SSSR count). The number of halogens is 1. The second kappa shape index (κ2) is 8.31. The lowest BCUT2D eigenvalue weighted by atomic mass is 10.2. The first kappa shape index (κ1) is 18.9. The van der Waals surface area contributed by atoms with Gasteiger partial charge in [0, 0.05) is 38.1 Å². The summed E-state index contributed by atoms with van der Waals surface area (Å²) in [5.41, 5.74) is 3.29. The maximum absolute atomic E-state index is 14.0. The second-order valence-electron chi connectivity index (χ2n) is 7.15. The SMILES string of the molecule is Cc1ccc(Nc2ccc(C(=O)N3CCN(c4ccccc4F)CC3)cn2)cc1. The molecule has 0 atom stereocenters. The molecule has 0 saturated carbocycles. The molecule has 1 aromatic heterocycles. The Labute approximate surface area is 169 Å². The van der Waals surface area contributed by atoms with Crippen LogP contribution in [0.25, 0.3) is 0 Å². The van der Waals surface area contributed by atoms with Crippen LogP contribution >= 0.6 is 0 Å². The van der Waals surface area contributed by atoms with E-state index in [9.17, 15) is 9.18 Å². The summed E-state index contributed by atoms with van der Waals surface area (Å²) in [5.74, 6) is 0.412. The Morgan fingerprint density at radius 2 is 1.69 bits per heavy atom. The third-order valence-electron chi connectivity index (χ3n) is 5.09. The Morgan fingerprint density at radius 3 is 2.34 bits per heavy atom. The maximum atomic E-state index is 14.0. The Kier molecular flexibility index (Phi) is 5.42. The van der Waals surface area contributed by atoms with E-state index in [0.717, 1.165) is 5.69 Å². The molecular weight excluding hydrogens is 367 g/mol. The molecule has 0 radical (unpaired) electrons. The first-order chi connectivity index (χ1) is 14.1. The largest absolute Gasteiger partial charge is 0.366 e. The third-order valence-corrected chi connectivity index (χ3v) is 5.09. The summed E-state index contributed by atoms with van der Waals surface area (Å²) in [6.07, 6.45) is 1.60. The van der Waals surface area contributed by atoms with Crippen molar-refractivity contribution in [2.45, 2.75) is 6.92 Å². The fraction of sp³-hybridized carbons (Fsp3) is 0.217. The van der Waals surface area contributed by atoms with Crippen molar-refractivity contribution in [2.75, 3.05) is 36.4 Å². The molecule has 0 bridgehead atoms. The molecule has 1 aliphatic heterocycles. The third kappa shape index (κ3) is 4.37. The van der Waals surface area contributed by atoms with Crippen LogP contribution in [0.15, 0.2) is 66.9 Å². The van der Waals surface area contributed by atoms with Crippen molar-refractivity contribution in [1.29, 1.82) is 0 Å². The molecule has 5 nitrogen and oxygen atoms in total. The summed E-state index contributed by atoms with van der Waals surface area (Å²) in [6, 6.07) is 18.4. The lowest BCUT2D eigenvalue weighted by Gasteiger charge is -2.36. The van der Waals surface area contributed by atoms with E-state index >= 15 is 0 Å². The zero-order valence-corrected chi connectivity index (χ0v) is 16.3. The molecule has 148 valence electrons. The number of anilines is 3. The summed E-state index contributed by atoms with van der Waals surface area (Å²) in [4.78, 5) is 20.9. The molecule has 2 aromatic carbocycles. The van der Waals surface area contributed by atoms with E-state index in [-0.39, 0.29) is 11.7 Å². The summed E-state index contributed by atoms with van der Waals surface area (Å²) in [7, 11) is 0. The number of aryl methyl sites for hydroxylation is 1. The summed E-state index contributed by atoms with van der Waals surface area (Å²) in [6.45, 7) is 4.35. The minimum absolute atomic E-state index is 0.0485. The number of nitrogens with one attached hydrogen (secondary N) is 1. The molecular formula is C23H23FN4O. The lowest BCUT2D eigenvalue weighted by Crippen LogP contribution is -2.49. The molecule has 6 heteroatoms. The highest BCUT2D eigenvalue weighted by atomic mass is 19.1. The zero-order chi connectivity index (χ0) is 20.2. The first-order valence-corrected chi connectivity index (χ1v) is 9.69. The number of pyridine rings is 1. The highest BCUT2D eigenvalue weighted by molar-refractivity contribution is 5.94. The van der Waals surface area contributed by atoms with Gasteiger partial charge in [-0.15, -0.1) is 0 Å². The highest BCUT2D eigenvalue weighted by Gasteiger charge is 2.23. The Morgan fingerprint density at radius 1 is 0.966 bits per heavy atom. The minimum Gasteiger partial charge on any atom is -0.366 e. The number of aromatic nitrogens is 1. The van der Waals surface area contributed by atoms with Crippen LogP contribution < -0.4 is 10.2 Å². The fourth-order valence-corrected chi connectivity index (χ4v) is 3.42. The number of carbonyl (C=O) groups excluding carboxylic acids is 1. The topological polar surface area (TPSA) is 48.5 Å². The van der Waals surface area contributed by atoms with Gasteiger partial charge in [0.1, 0.15) is 11.6 Å². The number of hydrogen-bond donors (Lipinski definition) is 1. The van der Waals surface area contributed by atoms with Crippen molar-refractivity contribution in [3.8, 4) is 0 Å². The van der Waals surface area contributed by atoms with E-state index in [1.54, 1.807) is 29.3 Å². The van der Waals surface area contributed by atoms with E-state index < -0.39 is 0 Å². The monoisotopic (exact) mass is 390 g/mol. The van der Waals surface area contributed by atoms with Crippen molar-refractivity contribution in [3.05, 3.63) is 83.8 Å². The maximum Gasteiger partial charge on any atom is 0.255 e. The van der Waals surface area contributed by atoms with Crippen LogP contribution in [-0.4, -0.2) is 42.0 Å². The summed E-state index contributed by atoms with van der Waals surface area (Å²) >= 11 is 0. The van der Waals surface area contributed by atoms with E-state index in [4.69, 9.17) is 0 Å². The van der Waals surface area contributed by atoms with Gasteiger partial charge in [0.05, 0.1) is 11.3 Å². The Bertz CT molecular complexity index is 981. The van der Waals surface area contributed by atoms with Gasteiger partial charge in [-0.05, 0) is 43.3 Å². The molecule has 29 heavy (non-hydrogen) atoms. The molecule has 1 aliphatic rings. The van der Waals surface area contributed by atoms with Gasteiger partial charge in [-0.2, -0.15) is 0 Å². The molecule has 0 spiro atoms. The Hall–Kier alpha value is -3.41. The summed E-state index contributed by atoms with van der Waals surface area (Å²) < 4.78 is 14.0. The van der Waals surface area contributed by atoms with E-state index in [2.05, 4.69) is 10.3 Å². The predicted molar refractivity (Wildman–Crippen MR) is 113 cm³/mol. The number of hydrogen-bond acceptors (Lipinski definition) is 4. The number of amides is 1. The number of benzene rings is 2. The van der Waals surface area contributed by atoms with E-state index in [1.807, 2.05) is 48.2 Å². The number of para-hydroxylation sites is 1. The zero-order valence-electron chi connectivity index (χ0n) is 16.3. The van der Waals surface area contributed by atoms with Gasteiger partial charge in [0.25, 0.3) is 5.91 Å². The molecule has 2 heterocycles. The van der Waals surface area contributed by atoms with Gasteiger partial charge in [0.15, 0.2) is 0 Å². The number of carbonyl (C=O) groups is 1. The van der Waals surface area contributed by atoms with Gasteiger partial charge < -0.3 is 15.1 Å². The number of rotatable bonds is 4. The molecule has 0 aliphatic carbocycles. The van der Waals surface area contributed by atoms with Crippen LogP contribution in [0.5, 0.6) is 0 Å². The fourth-order valence-electron chi connectivity index (χ4n) is 3.42. The van der Waals surface area contributed by atoms with Crippen molar-refractivity contribution in [3.63, 3.8) is 0 Å². The summed E-state index contributed by atoms with van der Waals surface area (Å²) in [5, 5.41) is 3.23. The van der Waals surface area contributed by atoms with Crippen LogP contribution in [-0.2, 0) is 0 Å². The molecule has 3 aromatic rings. The average molecular weight is 390 g/mol. The predicted octanol–water partition coefficient (Wildman–Crippen LogP) is 4.24. The number of piperazine rings is 1. The normalized spacial score (nSPS) is 14.0. The van der Waals surface area contributed by atoms with Crippen LogP contribution in [0.4, 0.5) is 21.6 Å². The molecule has 1 saturated heterocycles. The van der Waals surface area contributed by atoms with Crippen LogP contribution in [0, 0.1) is 12.7 Å². The van der Waals surface area contributed by atoms with Crippen LogP contribution in [0.2, 0.25) is 0 Å². The van der Waals surface area contributed by atoms with Gasteiger partial charge in [-0.25, -0.2) is 9.37 Å². The molecule has 1 amide bonds. The van der Waals surface area contributed by atoms with Crippen LogP contribution in [0.1, 0.15) is 15.9 Å². The lowest BCUT2D eigenvalue weighted by molar-refractivity contribution is 0.0746.